The Balaban J connectivity index is 1.32. The molecule has 1 aliphatic heterocycles. The largest absolute Gasteiger partial charge is 0.310 e. The molecule has 214 valence electrons. The maximum atomic E-state index is 2.42. The maximum Gasteiger partial charge on any atom is 0.0504 e. The zero-order valence-electron chi connectivity index (χ0n) is 25.8. The van der Waals surface area contributed by atoms with Crippen molar-refractivity contribution in [2.45, 2.75) is 38.5 Å². The summed E-state index contributed by atoms with van der Waals surface area (Å²) in [5, 5.41) is 0. The summed E-state index contributed by atoms with van der Waals surface area (Å²) in [5.74, 6) is 0. The molecular formula is C42H36N2. The molecule has 0 spiro atoms. The van der Waals surface area contributed by atoms with Crippen LogP contribution in [-0.4, -0.2) is 0 Å². The molecule has 0 fully saturated rings. The fraction of sp³-hybridized carbons (Fsp3) is 0.143. The van der Waals surface area contributed by atoms with Gasteiger partial charge in [-0.3, -0.25) is 0 Å². The minimum atomic E-state index is -0.183. The van der Waals surface area contributed by atoms with Gasteiger partial charge in [0, 0.05) is 33.6 Å². The Labute approximate surface area is 260 Å². The van der Waals surface area contributed by atoms with Gasteiger partial charge in [0.2, 0.25) is 0 Å². The summed E-state index contributed by atoms with van der Waals surface area (Å²) in [6.07, 6.45) is 0. The average molecular weight is 569 g/mol. The number of rotatable bonds is 4. The van der Waals surface area contributed by atoms with E-state index in [4.69, 9.17) is 0 Å². The Bertz CT molecular complexity index is 2020. The Morgan fingerprint density at radius 1 is 0.409 bits per heavy atom. The average Bonchev–Trinajstić information content (AvgIpc) is 3.28. The summed E-state index contributed by atoms with van der Waals surface area (Å²) >= 11 is 0. The van der Waals surface area contributed by atoms with Crippen LogP contribution in [0.2, 0.25) is 0 Å². The number of benzene rings is 6. The first-order chi connectivity index (χ1) is 21.4. The molecule has 1 aliphatic carbocycles. The lowest BCUT2D eigenvalue weighted by molar-refractivity contribution is 0.632. The van der Waals surface area contributed by atoms with Crippen LogP contribution in [0.4, 0.5) is 34.1 Å². The third-order valence-corrected chi connectivity index (χ3v) is 9.82. The number of fused-ring (bicyclic) bond motifs is 5. The maximum absolute atomic E-state index is 2.42. The number of hydrogen-bond donors (Lipinski definition) is 0. The van der Waals surface area contributed by atoms with Gasteiger partial charge in [0.15, 0.2) is 0 Å². The van der Waals surface area contributed by atoms with Crippen LogP contribution < -0.4 is 9.80 Å². The molecule has 0 unspecified atom stereocenters. The van der Waals surface area contributed by atoms with E-state index in [0.29, 0.717) is 0 Å². The van der Waals surface area contributed by atoms with Gasteiger partial charge in [-0.05, 0) is 94.0 Å². The SMILES string of the molecule is CC1(C)c2ccccc2-c2ccc(N(c3ccccc3)c3ccc4c(c3)C(C)(C)c3ccccc3N4c3ccccc3)cc21. The van der Waals surface area contributed by atoms with Crippen LogP contribution in [-0.2, 0) is 10.8 Å². The first kappa shape index (κ1) is 26.5. The molecule has 0 atom stereocenters. The molecule has 0 aromatic heterocycles. The lowest BCUT2D eigenvalue weighted by atomic mass is 9.73. The summed E-state index contributed by atoms with van der Waals surface area (Å²) in [6.45, 7) is 9.42. The monoisotopic (exact) mass is 568 g/mol. The minimum absolute atomic E-state index is 0.0674. The summed E-state index contributed by atoms with van der Waals surface area (Å²) in [6, 6.07) is 53.3. The second-order valence-corrected chi connectivity index (χ2v) is 13.1. The first-order valence-corrected chi connectivity index (χ1v) is 15.5. The first-order valence-electron chi connectivity index (χ1n) is 15.5. The third kappa shape index (κ3) is 3.87. The quantitative estimate of drug-likeness (QED) is 0.209. The van der Waals surface area contributed by atoms with Gasteiger partial charge >= 0.3 is 0 Å². The molecule has 0 amide bonds. The van der Waals surface area contributed by atoms with E-state index in [-0.39, 0.29) is 10.8 Å². The highest BCUT2D eigenvalue weighted by Crippen LogP contribution is 2.54. The second kappa shape index (κ2) is 9.72. The van der Waals surface area contributed by atoms with Crippen LogP contribution in [0.25, 0.3) is 11.1 Å². The Hall–Kier alpha value is -5.08. The van der Waals surface area contributed by atoms with Crippen LogP contribution in [0.15, 0.2) is 146 Å². The normalized spacial score (nSPS) is 15.1. The number of para-hydroxylation sites is 3. The van der Waals surface area contributed by atoms with Crippen molar-refractivity contribution in [1.82, 2.24) is 0 Å². The lowest BCUT2D eigenvalue weighted by Crippen LogP contribution is -2.30. The summed E-state index contributed by atoms with van der Waals surface area (Å²) in [4.78, 5) is 4.84. The fourth-order valence-electron chi connectivity index (χ4n) is 7.54. The van der Waals surface area contributed by atoms with Crippen LogP contribution in [0.3, 0.4) is 0 Å². The molecule has 8 rings (SSSR count). The molecule has 0 saturated heterocycles. The summed E-state index contributed by atoms with van der Waals surface area (Å²) in [7, 11) is 0. The van der Waals surface area contributed by atoms with Gasteiger partial charge in [-0.2, -0.15) is 0 Å². The number of anilines is 6. The highest BCUT2D eigenvalue weighted by Gasteiger charge is 2.38. The van der Waals surface area contributed by atoms with Gasteiger partial charge in [-0.25, -0.2) is 0 Å². The van der Waals surface area contributed by atoms with Gasteiger partial charge in [-0.1, -0.05) is 113 Å². The lowest BCUT2D eigenvalue weighted by Gasteiger charge is -2.42. The highest BCUT2D eigenvalue weighted by atomic mass is 15.2. The van der Waals surface area contributed by atoms with Crippen molar-refractivity contribution < 1.29 is 0 Å². The zero-order valence-corrected chi connectivity index (χ0v) is 25.8. The second-order valence-electron chi connectivity index (χ2n) is 13.1. The van der Waals surface area contributed by atoms with Crippen molar-refractivity contribution in [1.29, 1.82) is 0 Å². The van der Waals surface area contributed by atoms with E-state index in [1.807, 2.05) is 0 Å². The molecule has 1 heterocycles. The van der Waals surface area contributed by atoms with Crippen LogP contribution in [0.1, 0.15) is 49.9 Å². The number of hydrogen-bond acceptors (Lipinski definition) is 2. The minimum Gasteiger partial charge on any atom is -0.310 e. The fourth-order valence-corrected chi connectivity index (χ4v) is 7.54. The molecule has 6 aromatic rings. The zero-order chi connectivity index (χ0) is 30.1. The molecule has 2 heteroatoms. The Morgan fingerprint density at radius 3 is 1.68 bits per heavy atom. The molecule has 2 aliphatic rings. The van der Waals surface area contributed by atoms with Gasteiger partial charge in [0.25, 0.3) is 0 Å². The molecule has 44 heavy (non-hydrogen) atoms. The van der Waals surface area contributed by atoms with E-state index < -0.39 is 0 Å². The molecular weight excluding hydrogens is 532 g/mol. The predicted octanol–water partition coefficient (Wildman–Crippen LogP) is 11.6. The van der Waals surface area contributed by atoms with Gasteiger partial charge in [0.1, 0.15) is 0 Å². The predicted molar refractivity (Wildman–Crippen MR) is 185 cm³/mol. The van der Waals surface area contributed by atoms with E-state index >= 15 is 0 Å². The molecule has 6 aromatic carbocycles. The molecule has 2 nitrogen and oxygen atoms in total. The Kier molecular flexibility index (Phi) is 5.86. The topological polar surface area (TPSA) is 6.48 Å². The van der Waals surface area contributed by atoms with E-state index in [2.05, 4.69) is 183 Å². The van der Waals surface area contributed by atoms with Crippen molar-refractivity contribution in [2.75, 3.05) is 9.80 Å². The van der Waals surface area contributed by atoms with Gasteiger partial charge in [0.05, 0.1) is 11.4 Å². The van der Waals surface area contributed by atoms with Crippen LogP contribution in [0, 0.1) is 0 Å². The smallest absolute Gasteiger partial charge is 0.0504 e. The standard InChI is InChI=1S/C42H36N2/c1-41(2)35-20-12-11-19-33(35)34-25-23-31(27-37(34)41)43(29-15-7-5-8-16-29)32-24-26-40-38(28-32)42(3,4)36-21-13-14-22-39(36)44(40)30-17-9-6-10-18-30/h5-28H,1-4H3. The summed E-state index contributed by atoms with van der Waals surface area (Å²) < 4.78 is 0. The Morgan fingerprint density at radius 2 is 0.932 bits per heavy atom. The van der Waals surface area contributed by atoms with Crippen molar-refractivity contribution in [3.63, 3.8) is 0 Å². The van der Waals surface area contributed by atoms with E-state index in [9.17, 15) is 0 Å². The van der Waals surface area contributed by atoms with Crippen molar-refractivity contribution in [3.05, 3.63) is 168 Å². The van der Waals surface area contributed by atoms with Crippen molar-refractivity contribution in [2.24, 2.45) is 0 Å². The van der Waals surface area contributed by atoms with E-state index in [0.717, 1.165) is 11.4 Å². The van der Waals surface area contributed by atoms with E-state index in [1.165, 1.54) is 56.1 Å². The van der Waals surface area contributed by atoms with Gasteiger partial charge in [-0.15, -0.1) is 0 Å². The number of nitrogens with zero attached hydrogens (tertiary/aromatic N) is 2. The molecule has 0 N–H and O–H groups in total. The molecule has 0 radical (unpaired) electrons. The molecule has 0 saturated carbocycles. The third-order valence-electron chi connectivity index (χ3n) is 9.82. The van der Waals surface area contributed by atoms with Crippen LogP contribution >= 0.6 is 0 Å². The van der Waals surface area contributed by atoms with Gasteiger partial charge < -0.3 is 9.80 Å². The molecule has 0 bridgehead atoms. The van der Waals surface area contributed by atoms with E-state index in [1.54, 1.807) is 0 Å². The van der Waals surface area contributed by atoms with Crippen LogP contribution in [0.5, 0.6) is 0 Å². The summed E-state index contributed by atoms with van der Waals surface area (Å²) in [5.41, 5.74) is 15.0. The highest BCUT2D eigenvalue weighted by molar-refractivity contribution is 5.90. The van der Waals surface area contributed by atoms with Crippen molar-refractivity contribution >= 4 is 34.1 Å². The van der Waals surface area contributed by atoms with Crippen molar-refractivity contribution in [3.8, 4) is 11.1 Å².